The number of aryl methyl sites for hydroxylation is 1. The quantitative estimate of drug-likeness (QED) is 0.649. The number of nitrogens with one attached hydrogen (secondary N) is 2. The van der Waals surface area contributed by atoms with Crippen LogP contribution >= 0.6 is 11.3 Å². The molecule has 0 aliphatic heterocycles. The third-order valence-electron chi connectivity index (χ3n) is 2.25. The zero-order chi connectivity index (χ0) is 14.3. The molecule has 19 heavy (non-hydrogen) atoms. The van der Waals surface area contributed by atoms with E-state index in [0.717, 1.165) is 17.8 Å². The molecule has 0 fully saturated rings. The van der Waals surface area contributed by atoms with Crippen LogP contribution in [0.3, 0.4) is 0 Å². The Morgan fingerprint density at radius 2 is 2.16 bits per heavy atom. The van der Waals surface area contributed by atoms with Gasteiger partial charge in [-0.1, -0.05) is 0 Å². The molecule has 8 heteroatoms. The molecular weight excluding hydrogens is 270 g/mol. The number of carboxylic acids is 1. The number of aromatic nitrogens is 1. The molecule has 1 aromatic heterocycles. The van der Waals surface area contributed by atoms with Crippen molar-refractivity contribution < 1.29 is 19.4 Å². The highest BCUT2D eigenvalue weighted by Gasteiger charge is 2.14. The number of nitrogens with zero attached hydrogens (tertiary/aromatic N) is 1. The molecule has 0 radical (unpaired) electrons. The maximum atomic E-state index is 11.4. The number of rotatable bonds is 7. The van der Waals surface area contributed by atoms with E-state index in [4.69, 9.17) is 9.84 Å². The third kappa shape index (κ3) is 5.23. The van der Waals surface area contributed by atoms with Gasteiger partial charge in [0.1, 0.15) is 9.88 Å². The molecule has 0 atom stereocenters. The summed E-state index contributed by atoms with van der Waals surface area (Å²) in [6.45, 7) is 2.97. The first-order chi connectivity index (χ1) is 9.04. The van der Waals surface area contributed by atoms with Gasteiger partial charge in [0.2, 0.25) is 0 Å². The number of methoxy groups -OCH3 is 1. The first-order valence-electron chi connectivity index (χ1n) is 5.74. The number of amides is 2. The summed E-state index contributed by atoms with van der Waals surface area (Å²) in [5.74, 6) is -0.995. The van der Waals surface area contributed by atoms with Gasteiger partial charge in [-0.15, -0.1) is 11.3 Å². The molecule has 1 heterocycles. The summed E-state index contributed by atoms with van der Waals surface area (Å²) < 4.78 is 4.86. The van der Waals surface area contributed by atoms with E-state index in [0.29, 0.717) is 23.9 Å². The topological polar surface area (TPSA) is 101 Å². The van der Waals surface area contributed by atoms with Crippen molar-refractivity contribution in [2.45, 2.75) is 19.9 Å². The van der Waals surface area contributed by atoms with Gasteiger partial charge in [0.05, 0.1) is 12.2 Å². The van der Waals surface area contributed by atoms with Gasteiger partial charge in [-0.2, -0.15) is 0 Å². The van der Waals surface area contributed by atoms with Gasteiger partial charge in [-0.25, -0.2) is 14.6 Å². The molecule has 0 aliphatic rings. The molecule has 106 valence electrons. The zero-order valence-corrected chi connectivity index (χ0v) is 11.7. The SMILES string of the molecule is COCCCNC(=O)NCc1nc(C)c(C(=O)O)s1. The fourth-order valence-corrected chi connectivity index (χ4v) is 2.21. The second-order valence-corrected chi connectivity index (χ2v) is 4.87. The Hall–Kier alpha value is -1.67. The van der Waals surface area contributed by atoms with E-state index in [-0.39, 0.29) is 17.5 Å². The Balaban J connectivity index is 2.34. The summed E-state index contributed by atoms with van der Waals surface area (Å²) in [4.78, 5) is 26.5. The van der Waals surface area contributed by atoms with Crippen molar-refractivity contribution in [1.82, 2.24) is 15.6 Å². The maximum Gasteiger partial charge on any atom is 0.347 e. The second kappa shape index (κ2) is 7.70. The Labute approximate surface area is 115 Å². The summed E-state index contributed by atoms with van der Waals surface area (Å²) in [7, 11) is 1.60. The lowest BCUT2D eigenvalue weighted by molar-refractivity contribution is 0.0701. The number of hydrogen-bond acceptors (Lipinski definition) is 5. The van der Waals surface area contributed by atoms with Crippen LogP contribution in [-0.4, -0.2) is 42.4 Å². The van der Waals surface area contributed by atoms with Crippen LogP contribution in [0.5, 0.6) is 0 Å². The molecule has 3 N–H and O–H groups in total. The molecule has 0 aromatic carbocycles. The first kappa shape index (κ1) is 15.4. The van der Waals surface area contributed by atoms with Crippen molar-refractivity contribution in [2.75, 3.05) is 20.3 Å². The van der Waals surface area contributed by atoms with Crippen LogP contribution in [-0.2, 0) is 11.3 Å². The second-order valence-electron chi connectivity index (χ2n) is 3.78. The first-order valence-corrected chi connectivity index (χ1v) is 6.56. The normalized spacial score (nSPS) is 10.2. The lowest BCUT2D eigenvalue weighted by Gasteiger charge is -2.05. The highest BCUT2D eigenvalue weighted by Crippen LogP contribution is 2.17. The Kier molecular flexibility index (Phi) is 6.23. The van der Waals surface area contributed by atoms with Gasteiger partial charge in [-0.05, 0) is 13.3 Å². The number of carbonyl (C=O) groups is 2. The average molecular weight is 287 g/mol. The number of carbonyl (C=O) groups excluding carboxylic acids is 1. The average Bonchev–Trinajstić information content (AvgIpc) is 2.74. The van der Waals surface area contributed by atoms with Crippen molar-refractivity contribution >= 4 is 23.3 Å². The number of aromatic carboxylic acids is 1. The van der Waals surface area contributed by atoms with E-state index in [9.17, 15) is 9.59 Å². The molecule has 0 aliphatic carbocycles. The summed E-state index contributed by atoms with van der Waals surface area (Å²) in [5.41, 5.74) is 0.467. The molecule has 0 spiro atoms. The van der Waals surface area contributed by atoms with Crippen LogP contribution in [0.1, 0.15) is 26.8 Å². The molecule has 0 saturated carbocycles. The van der Waals surface area contributed by atoms with Crippen LogP contribution in [0.4, 0.5) is 4.79 Å². The minimum absolute atomic E-state index is 0.206. The number of thiazole rings is 1. The molecule has 1 rings (SSSR count). The summed E-state index contributed by atoms with van der Waals surface area (Å²) in [6.07, 6.45) is 0.740. The van der Waals surface area contributed by atoms with E-state index in [1.165, 1.54) is 0 Å². The molecular formula is C11H17N3O4S. The predicted octanol–water partition coefficient (Wildman–Crippen LogP) is 0.985. The van der Waals surface area contributed by atoms with E-state index in [1.807, 2.05) is 0 Å². The van der Waals surface area contributed by atoms with Crippen molar-refractivity contribution in [1.29, 1.82) is 0 Å². The lowest BCUT2D eigenvalue weighted by atomic mass is 10.4. The Bertz CT molecular complexity index is 447. The maximum absolute atomic E-state index is 11.4. The predicted molar refractivity (Wildman–Crippen MR) is 70.5 cm³/mol. The van der Waals surface area contributed by atoms with Crippen LogP contribution in [0.2, 0.25) is 0 Å². The molecule has 0 bridgehead atoms. The highest BCUT2D eigenvalue weighted by molar-refractivity contribution is 7.13. The monoisotopic (exact) mass is 287 g/mol. The number of urea groups is 1. The van der Waals surface area contributed by atoms with Crippen LogP contribution in [0.15, 0.2) is 0 Å². The minimum atomic E-state index is -0.995. The van der Waals surface area contributed by atoms with E-state index >= 15 is 0 Å². The summed E-state index contributed by atoms with van der Waals surface area (Å²) in [5, 5.41) is 14.7. The fraction of sp³-hybridized carbons (Fsp3) is 0.545. The fourth-order valence-electron chi connectivity index (χ4n) is 1.36. The highest BCUT2D eigenvalue weighted by atomic mass is 32.1. The van der Waals surface area contributed by atoms with Gasteiger partial charge in [0, 0.05) is 20.3 Å². The summed E-state index contributed by atoms with van der Waals surface area (Å²) in [6, 6.07) is -0.305. The van der Waals surface area contributed by atoms with Crippen LogP contribution < -0.4 is 10.6 Å². The number of hydrogen-bond donors (Lipinski definition) is 3. The van der Waals surface area contributed by atoms with Crippen LogP contribution in [0, 0.1) is 6.92 Å². The standard InChI is InChI=1S/C11H17N3O4S/c1-7-9(10(15)16)19-8(14-7)6-13-11(17)12-4-3-5-18-2/h3-6H2,1-2H3,(H,15,16)(H2,12,13,17). The smallest absolute Gasteiger partial charge is 0.347 e. The lowest BCUT2D eigenvalue weighted by Crippen LogP contribution is -2.35. The van der Waals surface area contributed by atoms with E-state index in [2.05, 4.69) is 15.6 Å². The van der Waals surface area contributed by atoms with Crippen molar-refractivity contribution in [3.63, 3.8) is 0 Å². The molecule has 2 amide bonds. The minimum Gasteiger partial charge on any atom is -0.477 e. The number of ether oxygens (including phenoxy) is 1. The largest absolute Gasteiger partial charge is 0.477 e. The Morgan fingerprint density at radius 1 is 1.42 bits per heavy atom. The van der Waals surface area contributed by atoms with Crippen molar-refractivity contribution in [3.8, 4) is 0 Å². The van der Waals surface area contributed by atoms with E-state index in [1.54, 1.807) is 14.0 Å². The summed E-state index contributed by atoms with van der Waals surface area (Å²) >= 11 is 1.07. The molecule has 7 nitrogen and oxygen atoms in total. The van der Waals surface area contributed by atoms with E-state index < -0.39 is 5.97 Å². The van der Waals surface area contributed by atoms with Gasteiger partial charge in [0.25, 0.3) is 0 Å². The van der Waals surface area contributed by atoms with Gasteiger partial charge >= 0.3 is 12.0 Å². The molecule has 1 aromatic rings. The van der Waals surface area contributed by atoms with Gasteiger partial charge < -0.3 is 20.5 Å². The molecule has 0 saturated heterocycles. The zero-order valence-electron chi connectivity index (χ0n) is 10.9. The number of carboxylic acid groups (broad SMARTS) is 1. The van der Waals surface area contributed by atoms with Crippen molar-refractivity contribution in [2.24, 2.45) is 0 Å². The van der Waals surface area contributed by atoms with Gasteiger partial charge in [0.15, 0.2) is 0 Å². The Morgan fingerprint density at radius 3 is 2.74 bits per heavy atom. The van der Waals surface area contributed by atoms with Gasteiger partial charge in [-0.3, -0.25) is 0 Å². The molecule has 0 unspecified atom stereocenters. The van der Waals surface area contributed by atoms with Crippen LogP contribution in [0.25, 0.3) is 0 Å². The van der Waals surface area contributed by atoms with Crippen molar-refractivity contribution in [3.05, 3.63) is 15.6 Å². The third-order valence-corrected chi connectivity index (χ3v) is 3.39.